The number of carbonyl (C=O) groups excluding carboxylic acids is 4. The molecule has 0 aromatic heterocycles. The van der Waals surface area contributed by atoms with Crippen LogP contribution in [0.4, 0.5) is 4.79 Å². The predicted molar refractivity (Wildman–Crippen MR) is 133 cm³/mol. The SMILES string of the molecule is C=CCN(C(=O)C(CS)NC(=O)OC(C)(C)C)C(C(=O)NCC(=O)OC)c1cc(C)ccc1C. The van der Waals surface area contributed by atoms with Gasteiger partial charge in [-0.25, -0.2) is 4.79 Å². The molecule has 3 amide bonds. The first kappa shape index (κ1) is 29.0. The van der Waals surface area contributed by atoms with E-state index in [-0.39, 0.29) is 18.8 Å². The monoisotopic (exact) mass is 493 g/mol. The second-order valence-electron chi connectivity index (χ2n) is 8.72. The summed E-state index contributed by atoms with van der Waals surface area (Å²) < 4.78 is 9.86. The lowest BCUT2D eigenvalue weighted by molar-refractivity contribution is -0.144. The van der Waals surface area contributed by atoms with E-state index in [0.29, 0.717) is 5.56 Å². The van der Waals surface area contributed by atoms with Crippen molar-refractivity contribution < 1.29 is 28.7 Å². The third-order valence-corrected chi connectivity index (χ3v) is 5.07. The van der Waals surface area contributed by atoms with Crippen LogP contribution in [0.25, 0.3) is 0 Å². The smallest absolute Gasteiger partial charge is 0.408 e. The van der Waals surface area contributed by atoms with Crippen LogP contribution in [0.1, 0.15) is 43.5 Å². The van der Waals surface area contributed by atoms with Gasteiger partial charge in [-0.3, -0.25) is 14.4 Å². The molecular weight excluding hydrogens is 458 g/mol. The van der Waals surface area contributed by atoms with Gasteiger partial charge in [-0.15, -0.1) is 6.58 Å². The third kappa shape index (κ3) is 8.74. The number of ether oxygens (including phenoxy) is 2. The number of nitrogens with zero attached hydrogens (tertiary/aromatic N) is 1. The minimum atomic E-state index is -1.10. The largest absolute Gasteiger partial charge is 0.468 e. The van der Waals surface area contributed by atoms with Crippen LogP contribution in [-0.4, -0.2) is 66.4 Å². The minimum Gasteiger partial charge on any atom is -0.468 e. The number of rotatable bonds is 10. The number of hydrogen-bond donors (Lipinski definition) is 3. The maximum Gasteiger partial charge on any atom is 0.408 e. The van der Waals surface area contributed by atoms with Gasteiger partial charge >= 0.3 is 12.1 Å². The number of thiol groups is 1. The Morgan fingerprint density at radius 2 is 1.85 bits per heavy atom. The molecule has 0 saturated heterocycles. The Kier molecular flexibility index (Phi) is 11.1. The van der Waals surface area contributed by atoms with Crippen molar-refractivity contribution in [3.05, 3.63) is 47.5 Å². The first-order chi connectivity index (χ1) is 15.8. The topological polar surface area (TPSA) is 114 Å². The molecule has 0 heterocycles. The van der Waals surface area contributed by atoms with E-state index in [1.165, 1.54) is 18.1 Å². The van der Waals surface area contributed by atoms with E-state index in [0.717, 1.165) is 11.1 Å². The van der Waals surface area contributed by atoms with Crippen molar-refractivity contribution in [1.29, 1.82) is 0 Å². The standard InChI is InChI=1S/C24H35N3O6S/c1-8-11-27(22(30)18(14-34)26-23(31)33-24(4,5)6)20(21(29)25-13-19(28)32-7)17-12-15(2)9-10-16(17)3/h8-10,12,18,20,34H,1,11,13-14H2,2-7H3,(H,25,29)(H,26,31). The van der Waals surface area contributed by atoms with Crippen LogP contribution in [0.15, 0.2) is 30.9 Å². The lowest BCUT2D eigenvalue weighted by Crippen LogP contribution is -2.54. The first-order valence-electron chi connectivity index (χ1n) is 10.8. The van der Waals surface area contributed by atoms with Crippen LogP contribution in [-0.2, 0) is 23.9 Å². The van der Waals surface area contributed by atoms with Gasteiger partial charge in [0.25, 0.3) is 0 Å². The summed E-state index contributed by atoms with van der Waals surface area (Å²) in [4.78, 5) is 52.1. The van der Waals surface area contributed by atoms with Gasteiger partial charge in [0.1, 0.15) is 24.2 Å². The normalized spacial score (nSPS) is 12.7. The zero-order valence-electron chi connectivity index (χ0n) is 20.6. The van der Waals surface area contributed by atoms with E-state index in [1.54, 1.807) is 26.8 Å². The summed E-state index contributed by atoms with van der Waals surface area (Å²) in [6, 6.07) is 3.37. The number of benzene rings is 1. The number of carbonyl (C=O) groups is 4. The number of methoxy groups -OCH3 is 1. The van der Waals surface area contributed by atoms with E-state index >= 15 is 0 Å². The summed E-state index contributed by atoms with van der Waals surface area (Å²) in [5, 5.41) is 5.05. The Morgan fingerprint density at radius 1 is 1.21 bits per heavy atom. The van der Waals surface area contributed by atoms with E-state index in [2.05, 4.69) is 34.6 Å². The zero-order chi connectivity index (χ0) is 26.1. The fourth-order valence-electron chi connectivity index (χ4n) is 3.13. The number of nitrogens with one attached hydrogen (secondary N) is 2. The Hall–Kier alpha value is -3.01. The van der Waals surface area contributed by atoms with Crippen molar-refractivity contribution in [2.24, 2.45) is 0 Å². The van der Waals surface area contributed by atoms with Crippen molar-refractivity contribution in [2.75, 3.05) is 26.0 Å². The highest BCUT2D eigenvalue weighted by molar-refractivity contribution is 7.80. The molecule has 0 fully saturated rings. The lowest BCUT2D eigenvalue weighted by Gasteiger charge is -2.34. The molecule has 0 spiro atoms. The molecule has 1 rings (SSSR count). The van der Waals surface area contributed by atoms with Crippen molar-refractivity contribution in [1.82, 2.24) is 15.5 Å². The van der Waals surface area contributed by atoms with Gasteiger partial charge in [-0.2, -0.15) is 12.6 Å². The maximum atomic E-state index is 13.6. The molecule has 0 aliphatic carbocycles. The summed E-state index contributed by atoms with van der Waals surface area (Å²) in [5.41, 5.74) is 1.47. The van der Waals surface area contributed by atoms with Crippen molar-refractivity contribution in [3.63, 3.8) is 0 Å². The van der Waals surface area contributed by atoms with Gasteiger partial charge in [-0.1, -0.05) is 29.8 Å². The zero-order valence-corrected chi connectivity index (χ0v) is 21.5. The first-order valence-corrected chi connectivity index (χ1v) is 11.4. The molecule has 1 aromatic carbocycles. The van der Waals surface area contributed by atoms with Crippen LogP contribution in [0.5, 0.6) is 0 Å². The Labute approximate surface area is 206 Å². The maximum absolute atomic E-state index is 13.6. The van der Waals surface area contributed by atoms with Crippen LogP contribution >= 0.6 is 12.6 Å². The van der Waals surface area contributed by atoms with Gasteiger partial charge in [0.05, 0.1) is 7.11 Å². The number of amides is 3. The van der Waals surface area contributed by atoms with E-state index < -0.39 is 41.6 Å². The van der Waals surface area contributed by atoms with E-state index in [4.69, 9.17) is 4.74 Å². The molecule has 0 bridgehead atoms. The van der Waals surface area contributed by atoms with E-state index in [9.17, 15) is 19.2 Å². The van der Waals surface area contributed by atoms with Crippen LogP contribution in [0.2, 0.25) is 0 Å². The Bertz CT molecular complexity index is 912. The van der Waals surface area contributed by atoms with Crippen LogP contribution < -0.4 is 10.6 Å². The molecule has 0 aliphatic heterocycles. The van der Waals surface area contributed by atoms with Gasteiger partial charge in [0.2, 0.25) is 11.8 Å². The van der Waals surface area contributed by atoms with Gasteiger partial charge < -0.3 is 25.0 Å². The van der Waals surface area contributed by atoms with Gasteiger partial charge in [0, 0.05) is 12.3 Å². The molecule has 2 N–H and O–H groups in total. The molecule has 10 heteroatoms. The molecule has 0 aliphatic rings. The Balaban J connectivity index is 3.41. The highest BCUT2D eigenvalue weighted by Gasteiger charge is 2.36. The molecule has 0 saturated carbocycles. The quantitative estimate of drug-likeness (QED) is 0.262. The average molecular weight is 494 g/mol. The Morgan fingerprint density at radius 3 is 2.38 bits per heavy atom. The molecule has 0 radical (unpaired) electrons. The highest BCUT2D eigenvalue weighted by atomic mass is 32.1. The molecule has 2 unspecified atom stereocenters. The average Bonchev–Trinajstić information content (AvgIpc) is 2.75. The second kappa shape index (κ2) is 13.0. The summed E-state index contributed by atoms with van der Waals surface area (Å²) in [7, 11) is 1.21. The highest BCUT2D eigenvalue weighted by Crippen LogP contribution is 2.27. The van der Waals surface area contributed by atoms with Crippen molar-refractivity contribution in [3.8, 4) is 0 Å². The molecule has 188 valence electrons. The van der Waals surface area contributed by atoms with Crippen molar-refractivity contribution in [2.45, 2.75) is 52.3 Å². The molecular formula is C24H35N3O6S. The summed E-state index contributed by atoms with van der Waals surface area (Å²) in [6.45, 7) is 12.2. The number of aryl methyl sites for hydroxylation is 2. The third-order valence-electron chi connectivity index (χ3n) is 4.70. The molecule has 9 nitrogen and oxygen atoms in total. The van der Waals surface area contributed by atoms with E-state index in [1.807, 2.05) is 26.0 Å². The number of alkyl carbamates (subject to hydrolysis) is 1. The lowest BCUT2D eigenvalue weighted by atomic mass is 9.96. The summed E-state index contributed by atoms with van der Waals surface area (Å²) in [5.74, 6) is -1.80. The van der Waals surface area contributed by atoms with Crippen molar-refractivity contribution >= 4 is 36.5 Å². The summed E-state index contributed by atoms with van der Waals surface area (Å²) >= 11 is 4.22. The fraction of sp³-hybridized carbons (Fsp3) is 0.500. The fourth-order valence-corrected chi connectivity index (χ4v) is 3.38. The molecule has 1 aromatic rings. The van der Waals surface area contributed by atoms with Crippen LogP contribution in [0.3, 0.4) is 0 Å². The molecule has 2 atom stereocenters. The summed E-state index contributed by atoms with van der Waals surface area (Å²) in [6.07, 6.45) is 0.698. The number of esters is 1. The predicted octanol–water partition coefficient (Wildman–Crippen LogP) is 2.47. The molecule has 34 heavy (non-hydrogen) atoms. The number of hydrogen-bond acceptors (Lipinski definition) is 7. The minimum absolute atomic E-state index is 0.00278. The van der Waals surface area contributed by atoms with Gasteiger partial charge in [-0.05, 0) is 45.7 Å². The van der Waals surface area contributed by atoms with Gasteiger partial charge in [0.15, 0.2) is 0 Å². The second-order valence-corrected chi connectivity index (χ2v) is 9.08. The van der Waals surface area contributed by atoms with Crippen LogP contribution in [0, 0.1) is 13.8 Å².